The summed E-state index contributed by atoms with van der Waals surface area (Å²) in [7, 11) is -4.01. The molecule has 2 heterocycles. The van der Waals surface area contributed by atoms with E-state index in [0.29, 0.717) is 0 Å². The third-order valence-corrected chi connectivity index (χ3v) is 6.58. The van der Waals surface area contributed by atoms with Crippen LogP contribution in [-0.4, -0.2) is 63.5 Å². The summed E-state index contributed by atoms with van der Waals surface area (Å²) in [6.45, 7) is 0.864. The number of aryl methyl sites for hydroxylation is 1. The Labute approximate surface area is 159 Å². The van der Waals surface area contributed by atoms with Crippen LogP contribution in [0.15, 0.2) is 51.0 Å². The average molecular weight is 412 g/mol. The average Bonchev–Trinajstić information content (AvgIpc) is 2.87. The van der Waals surface area contributed by atoms with Gasteiger partial charge in [-0.15, -0.1) is 0 Å². The van der Waals surface area contributed by atoms with Crippen molar-refractivity contribution < 1.29 is 28.5 Å². The molecule has 0 unspecified atom stereocenters. The van der Waals surface area contributed by atoms with Crippen molar-refractivity contribution in [1.82, 2.24) is 9.55 Å². The molecule has 11 heteroatoms. The zero-order valence-corrected chi connectivity index (χ0v) is 15.7. The van der Waals surface area contributed by atoms with Gasteiger partial charge in [0.15, 0.2) is 16.1 Å². The number of nitrogens with zero attached hydrogens (tertiary/aromatic N) is 1. The predicted octanol–water partition coefficient (Wildman–Crippen LogP) is -1.70. The van der Waals surface area contributed by atoms with E-state index < -0.39 is 57.5 Å². The second-order valence-corrected chi connectivity index (χ2v) is 8.75. The fourth-order valence-electron chi connectivity index (χ4n) is 3.14. The van der Waals surface area contributed by atoms with Gasteiger partial charge in [0.1, 0.15) is 17.8 Å². The van der Waals surface area contributed by atoms with Crippen molar-refractivity contribution in [3.63, 3.8) is 0 Å². The minimum atomic E-state index is -4.01. The van der Waals surface area contributed by atoms with Crippen LogP contribution >= 0.6 is 0 Å². The van der Waals surface area contributed by atoms with Crippen molar-refractivity contribution in [3.8, 4) is 0 Å². The molecule has 1 aromatic heterocycles. The van der Waals surface area contributed by atoms with Gasteiger partial charge < -0.3 is 20.1 Å². The van der Waals surface area contributed by atoms with Crippen molar-refractivity contribution in [1.29, 1.82) is 0 Å². The number of aliphatic hydroxyl groups excluding tert-OH is 3. The molecule has 0 saturated carbocycles. The Kier molecular flexibility index (Phi) is 5.30. The molecule has 1 fully saturated rings. The SMILES string of the molecule is Cc1ccc(S(=O)(=O)C[C@]2(CO)O[C@@H](n3ccc(=O)[nH]c3=O)[C@H](O)[C@@H]2O)cc1. The maximum Gasteiger partial charge on any atom is 0.330 e. The second kappa shape index (κ2) is 7.26. The number of H-pyrrole nitrogens is 1. The topological polar surface area (TPSA) is 159 Å². The Morgan fingerprint density at radius 3 is 2.39 bits per heavy atom. The summed E-state index contributed by atoms with van der Waals surface area (Å²) >= 11 is 0. The minimum Gasteiger partial charge on any atom is -0.393 e. The summed E-state index contributed by atoms with van der Waals surface area (Å²) in [6.07, 6.45) is -3.98. The van der Waals surface area contributed by atoms with Crippen LogP contribution in [0.25, 0.3) is 0 Å². The molecule has 4 N–H and O–H groups in total. The third kappa shape index (κ3) is 3.54. The number of aliphatic hydroxyl groups is 3. The molecule has 0 bridgehead atoms. The number of benzene rings is 1. The van der Waals surface area contributed by atoms with Crippen molar-refractivity contribution in [2.45, 2.75) is 35.9 Å². The molecule has 3 rings (SSSR count). The molecule has 1 aliphatic rings. The molecular weight excluding hydrogens is 392 g/mol. The van der Waals surface area contributed by atoms with Crippen molar-refractivity contribution in [2.75, 3.05) is 12.4 Å². The van der Waals surface area contributed by atoms with Crippen molar-refractivity contribution >= 4 is 9.84 Å². The first-order valence-electron chi connectivity index (χ1n) is 8.35. The molecule has 1 aliphatic heterocycles. The highest BCUT2D eigenvalue weighted by Crippen LogP contribution is 2.38. The van der Waals surface area contributed by atoms with E-state index in [1.807, 2.05) is 4.98 Å². The Bertz CT molecular complexity index is 1080. The van der Waals surface area contributed by atoms with Crippen LogP contribution in [0.1, 0.15) is 11.8 Å². The highest BCUT2D eigenvalue weighted by Gasteiger charge is 2.56. The molecule has 2 aromatic rings. The number of rotatable bonds is 5. The minimum absolute atomic E-state index is 0.0409. The van der Waals surface area contributed by atoms with Crippen LogP contribution in [0, 0.1) is 6.92 Å². The maximum absolute atomic E-state index is 12.8. The van der Waals surface area contributed by atoms with E-state index in [2.05, 4.69) is 0 Å². The summed E-state index contributed by atoms with van der Waals surface area (Å²) in [6, 6.07) is 6.98. The summed E-state index contributed by atoms with van der Waals surface area (Å²) < 4.78 is 31.9. The van der Waals surface area contributed by atoms with Crippen LogP contribution in [-0.2, 0) is 14.6 Å². The van der Waals surface area contributed by atoms with Crippen LogP contribution in [0.2, 0.25) is 0 Å². The normalized spacial score (nSPS) is 27.8. The molecule has 0 spiro atoms. The van der Waals surface area contributed by atoms with E-state index in [1.165, 1.54) is 12.1 Å². The number of aromatic amines is 1. The molecule has 1 aromatic carbocycles. The largest absolute Gasteiger partial charge is 0.393 e. The molecule has 0 radical (unpaired) electrons. The first-order chi connectivity index (χ1) is 13.1. The smallest absolute Gasteiger partial charge is 0.330 e. The first-order valence-corrected chi connectivity index (χ1v) is 10.0. The number of nitrogens with one attached hydrogen (secondary N) is 1. The highest BCUT2D eigenvalue weighted by molar-refractivity contribution is 7.91. The molecule has 28 heavy (non-hydrogen) atoms. The van der Waals surface area contributed by atoms with Gasteiger partial charge in [-0.3, -0.25) is 14.3 Å². The second-order valence-electron chi connectivity index (χ2n) is 6.76. The van der Waals surface area contributed by atoms with Crippen molar-refractivity contribution in [2.24, 2.45) is 0 Å². The van der Waals surface area contributed by atoms with E-state index in [0.717, 1.165) is 22.4 Å². The van der Waals surface area contributed by atoms with Gasteiger partial charge in [0.2, 0.25) is 0 Å². The maximum atomic E-state index is 12.8. The van der Waals surface area contributed by atoms with Crippen LogP contribution < -0.4 is 11.2 Å². The van der Waals surface area contributed by atoms with Crippen LogP contribution in [0.5, 0.6) is 0 Å². The number of hydrogen-bond acceptors (Lipinski definition) is 8. The van der Waals surface area contributed by atoms with Gasteiger partial charge in [0.05, 0.1) is 17.3 Å². The van der Waals surface area contributed by atoms with Crippen molar-refractivity contribution in [3.05, 3.63) is 62.9 Å². The molecular formula is C17H20N2O8S. The van der Waals surface area contributed by atoms with E-state index in [1.54, 1.807) is 19.1 Å². The Morgan fingerprint density at radius 2 is 1.82 bits per heavy atom. The standard InChI is InChI=1S/C17H20N2O8S/c1-10-2-4-11(5-3-10)28(25,26)9-17(8-20)14(23)13(22)15(27-17)19-7-6-12(21)18-16(19)24/h2-7,13-15,20,22-23H,8-9H2,1H3,(H,18,21,24)/t13-,14+,15-,17+/m1/s1. The quantitative estimate of drug-likeness (QED) is 0.452. The first kappa shape index (κ1) is 20.4. The molecule has 1 saturated heterocycles. The molecule has 0 aliphatic carbocycles. The number of aromatic nitrogens is 2. The summed E-state index contributed by atoms with van der Waals surface area (Å²) in [5, 5.41) is 30.6. The Morgan fingerprint density at radius 1 is 1.18 bits per heavy atom. The molecule has 4 atom stereocenters. The third-order valence-electron chi connectivity index (χ3n) is 4.72. The summed E-state index contributed by atoms with van der Waals surface area (Å²) in [5.74, 6) is -0.827. The summed E-state index contributed by atoms with van der Waals surface area (Å²) in [5.41, 5.74) is -2.81. The monoisotopic (exact) mass is 412 g/mol. The van der Waals surface area contributed by atoms with Crippen LogP contribution in [0.3, 0.4) is 0 Å². The van der Waals surface area contributed by atoms with Gasteiger partial charge in [-0.2, -0.15) is 0 Å². The van der Waals surface area contributed by atoms with Crippen LogP contribution in [0.4, 0.5) is 0 Å². The van der Waals surface area contributed by atoms with Gasteiger partial charge in [0, 0.05) is 12.3 Å². The summed E-state index contributed by atoms with van der Waals surface area (Å²) in [4.78, 5) is 25.1. The Balaban J connectivity index is 1.97. The molecule has 0 amide bonds. The van der Waals surface area contributed by atoms with Gasteiger partial charge in [0.25, 0.3) is 5.56 Å². The lowest BCUT2D eigenvalue weighted by Gasteiger charge is -2.29. The highest BCUT2D eigenvalue weighted by atomic mass is 32.2. The van der Waals surface area contributed by atoms with Gasteiger partial charge in [-0.1, -0.05) is 17.7 Å². The zero-order valence-electron chi connectivity index (χ0n) is 14.8. The van der Waals surface area contributed by atoms with Gasteiger partial charge >= 0.3 is 5.69 Å². The predicted molar refractivity (Wildman–Crippen MR) is 96.5 cm³/mol. The fraction of sp³-hybridized carbons (Fsp3) is 0.412. The Hall–Kier alpha value is -2.31. The lowest BCUT2D eigenvalue weighted by Crippen LogP contribution is -2.51. The van der Waals surface area contributed by atoms with E-state index in [4.69, 9.17) is 4.74 Å². The van der Waals surface area contributed by atoms with E-state index in [9.17, 15) is 33.3 Å². The lowest BCUT2D eigenvalue weighted by atomic mass is 9.98. The van der Waals surface area contributed by atoms with E-state index >= 15 is 0 Å². The van der Waals surface area contributed by atoms with E-state index in [-0.39, 0.29) is 4.90 Å². The fourth-order valence-corrected chi connectivity index (χ4v) is 4.83. The number of hydrogen-bond donors (Lipinski definition) is 4. The zero-order chi connectivity index (χ0) is 20.7. The lowest BCUT2D eigenvalue weighted by molar-refractivity contribution is -0.115. The molecule has 152 valence electrons. The molecule has 10 nitrogen and oxygen atoms in total. The number of sulfone groups is 1. The number of ether oxygens (including phenoxy) is 1. The van der Waals surface area contributed by atoms with Gasteiger partial charge in [-0.05, 0) is 19.1 Å². The van der Waals surface area contributed by atoms with Gasteiger partial charge in [-0.25, -0.2) is 13.2 Å².